The van der Waals surface area contributed by atoms with E-state index < -0.39 is 35.6 Å². The van der Waals surface area contributed by atoms with Gasteiger partial charge in [-0.2, -0.15) is 0 Å². The molecule has 0 aromatic heterocycles. The summed E-state index contributed by atoms with van der Waals surface area (Å²) in [7, 11) is 2.69. The van der Waals surface area contributed by atoms with Crippen LogP contribution >= 0.6 is 0 Å². The van der Waals surface area contributed by atoms with E-state index in [0.29, 0.717) is 11.1 Å². The number of nitrogens with one attached hydrogen (secondary N) is 1. The summed E-state index contributed by atoms with van der Waals surface area (Å²) >= 11 is 0. The summed E-state index contributed by atoms with van der Waals surface area (Å²) < 4.78 is 15.5. The lowest BCUT2D eigenvalue weighted by Crippen LogP contribution is -2.45. The lowest BCUT2D eigenvalue weighted by atomic mass is 10.0. The first kappa shape index (κ1) is 24.1. The minimum absolute atomic E-state index is 0.193. The van der Waals surface area contributed by atoms with E-state index in [1.165, 1.54) is 14.2 Å². The Bertz CT molecular complexity index is 887. The highest BCUT2D eigenvalue weighted by Crippen LogP contribution is 2.18. The smallest absolute Gasteiger partial charge is 0.338 e. The third kappa shape index (κ3) is 7.22. The summed E-state index contributed by atoms with van der Waals surface area (Å²) in [5, 5.41) is 2.70. The number of methoxy groups -OCH3 is 2. The van der Waals surface area contributed by atoms with Crippen molar-refractivity contribution in [2.75, 3.05) is 14.2 Å². The van der Waals surface area contributed by atoms with Crippen LogP contribution in [0.4, 0.5) is 0 Å². The second-order valence-electron chi connectivity index (χ2n) is 8.01. The number of ether oxygens (including phenoxy) is 3. The van der Waals surface area contributed by atoms with Crippen LogP contribution in [0.15, 0.2) is 54.6 Å². The summed E-state index contributed by atoms with van der Waals surface area (Å²) in [5.74, 6) is -1.45. The Labute approximate surface area is 182 Å². The van der Waals surface area contributed by atoms with Crippen LogP contribution in [0.1, 0.15) is 48.4 Å². The van der Waals surface area contributed by atoms with Crippen molar-refractivity contribution in [2.45, 2.75) is 44.9 Å². The largest absolute Gasteiger partial charge is 0.467 e. The third-order valence-corrected chi connectivity index (χ3v) is 4.41. The summed E-state index contributed by atoms with van der Waals surface area (Å²) in [6.45, 7) is 5.39. The summed E-state index contributed by atoms with van der Waals surface area (Å²) in [6, 6.07) is 14.8. The second kappa shape index (κ2) is 10.7. The van der Waals surface area contributed by atoms with E-state index in [2.05, 4.69) is 5.32 Å². The Balaban J connectivity index is 2.12. The summed E-state index contributed by atoms with van der Waals surface area (Å²) in [6.07, 6.45) is -0.666. The topological polar surface area (TPSA) is 90.9 Å². The molecule has 0 saturated heterocycles. The van der Waals surface area contributed by atoms with E-state index in [-0.39, 0.29) is 6.42 Å². The van der Waals surface area contributed by atoms with Crippen molar-refractivity contribution in [3.63, 3.8) is 0 Å². The molecular weight excluding hydrogens is 398 g/mol. The maximum atomic E-state index is 12.8. The van der Waals surface area contributed by atoms with Gasteiger partial charge in [0.2, 0.25) is 0 Å². The fourth-order valence-electron chi connectivity index (χ4n) is 2.95. The normalized spacial score (nSPS) is 13.1. The molecule has 2 aromatic rings. The average Bonchev–Trinajstić information content (AvgIpc) is 2.73. The number of hydrogen-bond donors (Lipinski definition) is 1. The summed E-state index contributed by atoms with van der Waals surface area (Å²) in [5.41, 5.74) is 1.23. The number of amides is 1. The molecule has 0 aliphatic heterocycles. The molecule has 0 radical (unpaired) electrons. The van der Waals surface area contributed by atoms with Gasteiger partial charge in [0.25, 0.3) is 5.91 Å². The van der Waals surface area contributed by atoms with Crippen LogP contribution in [0.25, 0.3) is 0 Å². The van der Waals surface area contributed by atoms with Crippen LogP contribution in [0.2, 0.25) is 0 Å². The van der Waals surface area contributed by atoms with Crippen LogP contribution in [-0.4, -0.2) is 43.7 Å². The van der Waals surface area contributed by atoms with Crippen LogP contribution in [0.5, 0.6) is 0 Å². The molecule has 31 heavy (non-hydrogen) atoms. The Morgan fingerprint density at radius 2 is 1.55 bits per heavy atom. The molecule has 0 saturated carbocycles. The number of hydrogen-bond acceptors (Lipinski definition) is 6. The number of esters is 2. The minimum atomic E-state index is -0.911. The molecular formula is C24H29NO6. The van der Waals surface area contributed by atoms with Gasteiger partial charge in [-0.1, -0.05) is 42.5 Å². The lowest BCUT2D eigenvalue weighted by molar-refractivity contribution is -0.146. The van der Waals surface area contributed by atoms with E-state index in [9.17, 15) is 14.4 Å². The number of carbonyl (C=O) groups is 3. The number of carbonyl (C=O) groups excluding carboxylic acids is 3. The zero-order valence-electron chi connectivity index (χ0n) is 18.5. The van der Waals surface area contributed by atoms with E-state index >= 15 is 0 Å². The summed E-state index contributed by atoms with van der Waals surface area (Å²) in [4.78, 5) is 37.2. The Morgan fingerprint density at radius 1 is 0.935 bits per heavy atom. The fraction of sp³-hybridized carbons (Fsp3) is 0.375. The Hall–Kier alpha value is -3.19. The molecule has 2 rings (SSSR count). The molecule has 2 aromatic carbocycles. The molecule has 0 fully saturated rings. The van der Waals surface area contributed by atoms with Crippen LogP contribution < -0.4 is 5.32 Å². The molecule has 0 bridgehead atoms. The molecule has 166 valence electrons. The Kier molecular flexibility index (Phi) is 8.33. The molecule has 7 heteroatoms. The van der Waals surface area contributed by atoms with Gasteiger partial charge >= 0.3 is 11.9 Å². The molecule has 7 nitrogen and oxygen atoms in total. The molecule has 1 N–H and O–H groups in total. The van der Waals surface area contributed by atoms with Crippen LogP contribution in [-0.2, 0) is 30.2 Å². The van der Waals surface area contributed by atoms with Crippen molar-refractivity contribution in [3.05, 3.63) is 71.3 Å². The van der Waals surface area contributed by atoms with Crippen molar-refractivity contribution in [1.29, 1.82) is 0 Å². The molecule has 0 aliphatic carbocycles. The number of rotatable bonds is 8. The van der Waals surface area contributed by atoms with Gasteiger partial charge < -0.3 is 19.5 Å². The highest BCUT2D eigenvalue weighted by Gasteiger charge is 2.27. The molecule has 0 heterocycles. The van der Waals surface area contributed by atoms with Crippen molar-refractivity contribution in [3.8, 4) is 0 Å². The van der Waals surface area contributed by atoms with Crippen LogP contribution in [0.3, 0.4) is 0 Å². The zero-order valence-corrected chi connectivity index (χ0v) is 18.5. The third-order valence-electron chi connectivity index (χ3n) is 4.41. The van der Waals surface area contributed by atoms with E-state index in [4.69, 9.17) is 14.2 Å². The van der Waals surface area contributed by atoms with Crippen molar-refractivity contribution in [1.82, 2.24) is 5.32 Å². The van der Waals surface area contributed by atoms with Gasteiger partial charge in [0, 0.05) is 13.5 Å². The van der Waals surface area contributed by atoms with Gasteiger partial charge in [0.1, 0.15) is 11.6 Å². The van der Waals surface area contributed by atoms with Gasteiger partial charge in [0.15, 0.2) is 6.10 Å². The maximum Gasteiger partial charge on any atom is 0.338 e. The minimum Gasteiger partial charge on any atom is -0.467 e. The highest BCUT2D eigenvalue weighted by molar-refractivity contribution is 5.90. The maximum absolute atomic E-state index is 12.8. The molecule has 1 amide bonds. The molecule has 0 unspecified atom stereocenters. The van der Waals surface area contributed by atoms with Gasteiger partial charge in [0.05, 0.1) is 12.7 Å². The number of benzene rings is 2. The zero-order chi connectivity index (χ0) is 23.0. The van der Waals surface area contributed by atoms with Crippen molar-refractivity contribution in [2.24, 2.45) is 0 Å². The van der Waals surface area contributed by atoms with Gasteiger partial charge in [-0.25, -0.2) is 9.59 Å². The highest BCUT2D eigenvalue weighted by atomic mass is 16.6. The van der Waals surface area contributed by atoms with E-state index in [0.717, 1.165) is 5.56 Å². The first-order valence-electron chi connectivity index (χ1n) is 9.93. The predicted molar refractivity (Wildman–Crippen MR) is 115 cm³/mol. The van der Waals surface area contributed by atoms with Crippen LogP contribution in [0, 0.1) is 0 Å². The SMILES string of the molecule is COC(=O)[C@@H](Cc1ccc(C(=O)OC(C)(C)C)cc1)NC(=O)[C@@H](OC)c1ccccc1. The fourth-order valence-corrected chi connectivity index (χ4v) is 2.95. The first-order chi connectivity index (χ1) is 14.6. The van der Waals surface area contributed by atoms with E-state index in [1.54, 1.807) is 69.3 Å². The average molecular weight is 427 g/mol. The second-order valence-corrected chi connectivity index (χ2v) is 8.01. The Morgan fingerprint density at radius 3 is 2.06 bits per heavy atom. The van der Waals surface area contributed by atoms with Crippen molar-refractivity contribution >= 4 is 17.8 Å². The monoisotopic (exact) mass is 427 g/mol. The molecule has 0 aliphatic rings. The molecule has 0 spiro atoms. The van der Waals surface area contributed by atoms with Crippen molar-refractivity contribution < 1.29 is 28.6 Å². The molecule has 2 atom stereocenters. The first-order valence-corrected chi connectivity index (χ1v) is 9.93. The van der Waals surface area contributed by atoms with Gasteiger partial charge in [-0.15, -0.1) is 0 Å². The van der Waals surface area contributed by atoms with Gasteiger partial charge in [-0.3, -0.25) is 4.79 Å². The van der Waals surface area contributed by atoms with Gasteiger partial charge in [-0.05, 0) is 44.0 Å². The standard InChI is InChI=1S/C24H29NO6/c1-24(2,3)31-22(27)18-13-11-16(12-14-18)15-19(23(28)30-5)25-21(26)20(29-4)17-9-7-6-8-10-17/h6-14,19-20H,15H2,1-5H3,(H,25,26)/t19-,20+/m1/s1. The lowest BCUT2D eigenvalue weighted by Gasteiger charge is -2.21. The van der Waals surface area contributed by atoms with E-state index in [1.807, 2.05) is 6.07 Å². The quantitative estimate of drug-likeness (QED) is 0.651. The predicted octanol–water partition coefficient (Wildman–Crippen LogP) is 3.23.